The number of ether oxygens (including phenoxy) is 1. The summed E-state index contributed by atoms with van der Waals surface area (Å²) >= 11 is 0. The van der Waals surface area contributed by atoms with Gasteiger partial charge in [0.05, 0.1) is 30.3 Å². The van der Waals surface area contributed by atoms with Gasteiger partial charge in [0.1, 0.15) is 0 Å². The second kappa shape index (κ2) is 10.7. The van der Waals surface area contributed by atoms with E-state index in [0.717, 1.165) is 17.8 Å². The van der Waals surface area contributed by atoms with Crippen molar-refractivity contribution in [3.63, 3.8) is 0 Å². The fourth-order valence-electron chi connectivity index (χ4n) is 3.31. The van der Waals surface area contributed by atoms with Crippen LogP contribution in [0.25, 0.3) is 0 Å². The number of hydrogen-bond donors (Lipinski definition) is 1. The minimum absolute atomic E-state index is 0.221. The quantitative estimate of drug-likeness (QED) is 0.512. The fraction of sp³-hybridized carbons (Fsp3) is 0.250. The Hall–Kier alpha value is -3.77. The highest BCUT2D eigenvalue weighted by atomic mass is 19.4. The minimum atomic E-state index is -4.41. The number of anilines is 1. The lowest BCUT2D eigenvalue weighted by Crippen LogP contribution is -2.37. The number of urea groups is 1. The molecule has 0 aliphatic rings. The smallest absolute Gasteiger partial charge is 0.383 e. The maximum absolute atomic E-state index is 13.0. The molecule has 172 valence electrons. The zero-order chi connectivity index (χ0) is 23.8. The van der Waals surface area contributed by atoms with Crippen LogP contribution in [0.2, 0.25) is 0 Å². The molecule has 0 spiro atoms. The lowest BCUT2D eigenvalue weighted by Gasteiger charge is -2.24. The van der Waals surface area contributed by atoms with E-state index in [1.54, 1.807) is 52.1 Å². The van der Waals surface area contributed by atoms with Crippen molar-refractivity contribution in [1.82, 2.24) is 9.47 Å². The topological polar surface area (TPSA) is 70.3 Å². The van der Waals surface area contributed by atoms with Gasteiger partial charge in [-0.25, -0.2) is 4.79 Å². The van der Waals surface area contributed by atoms with E-state index in [1.807, 2.05) is 12.1 Å². The van der Waals surface area contributed by atoms with Gasteiger partial charge >= 0.3 is 12.2 Å². The van der Waals surface area contributed by atoms with Gasteiger partial charge in [-0.3, -0.25) is 0 Å². The van der Waals surface area contributed by atoms with Crippen LogP contribution in [-0.4, -0.2) is 35.8 Å². The number of carbonyl (C=O) groups is 1. The van der Waals surface area contributed by atoms with Crippen LogP contribution in [0.3, 0.4) is 0 Å². The van der Waals surface area contributed by atoms with Gasteiger partial charge in [0.2, 0.25) is 0 Å². The maximum atomic E-state index is 13.0. The SMILES string of the molecule is COCCN(Cc1cccn1Cc1cccc(C(F)(F)F)c1)C(=O)Nc1cccc(C#N)c1. The molecule has 0 aliphatic heterocycles. The predicted molar refractivity (Wildman–Crippen MR) is 117 cm³/mol. The van der Waals surface area contributed by atoms with E-state index in [0.29, 0.717) is 30.0 Å². The molecular formula is C24H23F3N4O2. The summed E-state index contributed by atoms with van der Waals surface area (Å²) in [6, 6.07) is 17.0. The molecule has 3 aromatic rings. The molecule has 0 bridgehead atoms. The standard InChI is InChI=1S/C24H23F3N4O2/c1-33-12-11-31(23(32)29-21-8-3-5-18(14-21)15-28)17-22-9-4-10-30(22)16-19-6-2-7-20(13-19)24(25,26)27/h2-10,13-14H,11-12,16-17H2,1H3,(H,29,32). The number of hydrogen-bond acceptors (Lipinski definition) is 3. The Labute approximate surface area is 189 Å². The highest BCUT2D eigenvalue weighted by Gasteiger charge is 2.30. The van der Waals surface area contributed by atoms with Gasteiger partial charge in [-0.15, -0.1) is 0 Å². The monoisotopic (exact) mass is 456 g/mol. The van der Waals surface area contributed by atoms with E-state index < -0.39 is 11.7 Å². The van der Waals surface area contributed by atoms with Crippen LogP contribution < -0.4 is 5.32 Å². The molecular weight excluding hydrogens is 433 g/mol. The van der Waals surface area contributed by atoms with E-state index in [9.17, 15) is 18.0 Å². The Kier molecular flexibility index (Phi) is 7.74. The molecule has 0 atom stereocenters. The molecule has 2 aromatic carbocycles. The lowest BCUT2D eigenvalue weighted by molar-refractivity contribution is -0.137. The Balaban J connectivity index is 1.76. The number of alkyl halides is 3. The summed E-state index contributed by atoms with van der Waals surface area (Å²) in [7, 11) is 1.53. The lowest BCUT2D eigenvalue weighted by atomic mass is 10.1. The molecule has 1 N–H and O–H groups in total. The highest BCUT2D eigenvalue weighted by Crippen LogP contribution is 2.29. The van der Waals surface area contributed by atoms with Gasteiger partial charge in [-0.1, -0.05) is 18.2 Å². The van der Waals surface area contributed by atoms with Gasteiger partial charge in [-0.2, -0.15) is 18.4 Å². The van der Waals surface area contributed by atoms with Crippen molar-refractivity contribution in [3.8, 4) is 6.07 Å². The summed E-state index contributed by atoms with van der Waals surface area (Å²) in [6.45, 7) is 1.06. The molecule has 1 heterocycles. The normalized spacial score (nSPS) is 11.1. The van der Waals surface area contributed by atoms with E-state index in [1.165, 1.54) is 13.2 Å². The predicted octanol–water partition coefficient (Wildman–Crippen LogP) is 5.11. The zero-order valence-corrected chi connectivity index (χ0v) is 18.0. The number of carbonyl (C=O) groups excluding carboxylic acids is 1. The first kappa shape index (κ1) is 23.9. The first-order valence-electron chi connectivity index (χ1n) is 10.2. The molecule has 0 fully saturated rings. The van der Waals surface area contributed by atoms with Crippen molar-refractivity contribution in [3.05, 3.63) is 89.2 Å². The van der Waals surface area contributed by atoms with Crippen molar-refractivity contribution in [2.24, 2.45) is 0 Å². The van der Waals surface area contributed by atoms with E-state index in [-0.39, 0.29) is 19.1 Å². The van der Waals surface area contributed by atoms with Crippen molar-refractivity contribution >= 4 is 11.7 Å². The molecule has 1 aromatic heterocycles. The van der Waals surface area contributed by atoms with Crippen molar-refractivity contribution in [2.75, 3.05) is 25.6 Å². The number of aromatic nitrogens is 1. The molecule has 33 heavy (non-hydrogen) atoms. The molecule has 0 unspecified atom stereocenters. The second-order valence-electron chi connectivity index (χ2n) is 7.36. The number of halogens is 3. The molecule has 6 nitrogen and oxygen atoms in total. The third kappa shape index (κ3) is 6.60. The summed E-state index contributed by atoms with van der Waals surface area (Å²) in [5.74, 6) is 0. The summed E-state index contributed by atoms with van der Waals surface area (Å²) in [6.07, 6.45) is -2.65. The first-order chi connectivity index (χ1) is 15.8. The number of nitrogens with one attached hydrogen (secondary N) is 1. The third-order valence-electron chi connectivity index (χ3n) is 4.98. The van der Waals surface area contributed by atoms with E-state index in [4.69, 9.17) is 10.00 Å². The Morgan fingerprint density at radius 1 is 1.15 bits per heavy atom. The van der Waals surface area contributed by atoms with E-state index >= 15 is 0 Å². The summed E-state index contributed by atoms with van der Waals surface area (Å²) < 4.78 is 46.1. The fourth-order valence-corrected chi connectivity index (χ4v) is 3.31. The number of methoxy groups -OCH3 is 1. The van der Waals surface area contributed by atoms with Crippen LogP contribution in [-0.2, 0) is 24.0 Å². The van der Waals surface area contributed by atoms with Crippen LogP contribution in [0.1, 0.15) is 22.4 Å². The number of benzene rings is 2. The van der Waals surface area contributed by atoms with Gasteiger partial charge in [0.15, 0.2) is 0 Å². The van der Waals surface area contributed by atoms with Crippen molar-refractivity contribution in [2.45, 2.75) is 19.3 Å². The number of amides is 2. The second-order valence-corrected chi connectivity index (χ2v) is 7.36. The molecule has 0 saturated heterocycles. The Morgan fingerprint density at radius 3 is 2.67 bits per heavy atom. The van der Waals surface area contributed by atoms with Crippen LogP contribution in [0.5, 0.6) is 0 Å². The number of rotatable bonds is 8. The zero-order valence-electron chi connectivity index (χ0n) is 18.0. The highest BCUT2D eigenvalue weighted by molar-refractivity contribution is 5.89. The van der Waals surface area contributed by atoms with Gasteiger partial charge in [0.25, 0.3) is 0 Å². The molecule has 0 saturated carbocycles. The first-order valence-corrected chi connectivity index (χ1v) is 10.2. The Morgan fingerprint density at radius 2 is 1.94 bits per heavy atom. The summed E-state index contributed by atoms with van der Waals surface area (Å²) in [5, 5.41) is 11.8. The van der Waals surface area contributed by atoms with Crippen molar-refractivity contribution in [1.29, 1.82) is 5.26 Å². The van der Waals surface area contributed by atoms with Crippen LogP contribution in [0.15, 0.2) is 66.9 Å². The van der Waals surface area contributed by atoms with Crippen LogP contribution in [0, 0.1) is 11.3 Å². The molecule has 9 heteroatoms. The molecule has 0 aliphatic carbocycles. The van der Waals surface area contributed by atoms with Crippen molar-refractivity contribution < 1.29 is 22.7 Å². The molecule has 2 amide bonds. The van der Waals surface area contributed by atoms with Gasteiger partial charge in [-0.05, 0) is 48.0 Å². The third-order valence-corrected chi connectivity index (χ3v) is 4.98. The van der Waals surface area contributed by atoms with Gasteiger partial charge < -0.3 is 19.5 Å². The van der Waals surface area contributed by atoms with Crippen LogP contribution in [0.4, 0.5) is 23.7 Å². The number of nitrogens with zero attached hydrogens (tertiary/aromatic N) is 3. The number of nitriles is 1. The van der Waals surface area contributed by atoms with Crippen LogP contribution >= 0.6 is 0 Å². The average molecular weight is 456 g/mol. The maximum Gasteiger partial charge on any atom is 0.416 e. The minimum Gasteiger partial charge on any atom is -0.383 e. The largest absolute Gasteiger partial charge is 0.416 e. The Bertz CT molecular complexity index is 1130. The molecule has 3 rings (SSSR count). The summed E-state index contributed by atoms with van der Waals surface area (Å²) in [4.78, 5) is 14.5. The van der Waals surface area contributed by atoms with Gasteiger partial charge in [0, 0.05) is 37.8 Å². The molecule has 0 radical (unpaired) electrons. The van der Waals surface area contributed by atoms with E-state index in [2.05, 4.69) is 5.32 Å². The average Bonchev–Trinajstić information content (AvgIpc) is 3.22. The summed E-state index contributed by atoms with van der Waals surface area (Å²) in [5.41, 5.74) is 1.47.